The molecule has 0 heterocycles. The van der Waals surface area contributed by atoms with E-state index in [1.165, 1.54) is 64.2 Å². The Hall–Kier alpha value is 2.21. The van der Waals surface area contributed by atoms with Crippen LogP contribution < -0.4 is 113 Å². The first-order chi connectivity index (χ1) is 11.5. The summed E-state index contributed by atoms with van der Waals surface area (Å²) in [6, 6.07) is 0. The normalized spacial score (nSPS) is 9.31. The molecule has 0 aliphatic rings. The molecule has 0 aliphatic carbocycles. The van der Waals surface area contributed by atoms with Crippen molar-refractivity contribution in [3.05, 3.63) is 0 Å². The van der Waals surface area contributed by atoms with Crippen molar-refractivity contribution < 1.29 is 123 Å². The SMILES string of the molecule is CCCCCCCCCC(=O)[O-].CCCCCCCCCC(=O)[O-].[K+].[K+]. The maximum absolute atomic E-state index is 10.0. The monoisotopic (exact) mass is 420 g/mol. The van der Waals surface area contributed by atoms with Crippen LogP contribution in [0.4, 0.5) is 0 Å². The number of carboxylic acid groups (broad SMARTS) is 2. The van der Waals surface area contributed by atoms with Crippen molar-refractivity contribution in [2.24, 2.45) is 0 Å². The molecule has 0 saturated carbocycles. The molecule has 0 radical (unpaired) electrons. The second-order valence-corrected chi connectivity index (χ2v) is 6.49. The molecule has 6 heteroatoms. The first kappa shape index (κ1) is 35.6. The molecule has 0 spiro atoms. The number of carboxylic acids is 2. The van der Waals surface area contributed by atoms with E-state index in [1.807, 2.05) is 0 Å². The van der Waals surface area contributed by atoms with Gasteiger partial charge in [-0.15, -0.1) is 0 Å². The number of rotatable bonds is 16. The van der Waals surface area contributed by atoms with Gasteiger partial charge >= 0.3 is 103 Å². The molecule has 0 aromatic rings. The molecule has 144 valence electrons. The molecule has 0 aliphatic heterocycles. The molecule has 26 heavy (non-hydrogen) atoms. The predicted octanol–water partition coefficient (Wildman–Crippen LogP) is -2.24. The van der Waals surface area contributed by atoms with Crippen LogP contribution in [0.3, 0.4) is 0 Å². The first-order valence-corrected chi connectivity index (χ1v) is 9.94. The Bertz CT molecular complexity index is 259. The van der Waals surface area contributed by atoms with Crippen LogP contribution in [-0.4, -0.2) is 11.9 Å². The van der Waals surface area contributed by atoms with Gasteiger partial charge in [-0.3, -0.25) is 0 Å². The van der Waals surface area contributed by atoms with Gasteiger partial charge in [0.15, 0.2) is 0 Å². The number of carbonyl (C=O) groups is 2. The minimum Gasteiger partial charge on any atom is -0.550 e. The summed E-state index contributed by atoms with van der Waals surface area (Å²) in [5.41, 5.74) is 0. The molecule has 0 unspecified atom stereocenters. The summed E-state index contributed by atoms with van der Waals surface area (Å²) >= 11 is 0. The quantitative estimate of drug-likeness (QED) is 0.209. The average Bonchev–Trinajstić information content (AvgIpc) is 2.53. The van der Waals surface area contributed by atoms with Gasteiger partial charge in [0.1, 0.15) is 0 Å². The van der Waals surface area contributed by atoms with Crippen molar-refractivity contribution in [1.82, 2.24) is 0 Å². The molecule has 0 aromatic carbocycles. The van der Waals surface area contributed by atoms with Gasteiger partial charge in [-0.25, -0.2) is 0 Å². The standard InChI is InChI=1S/2C10H20O2.2K/c2*1-2-3-4-5-6-7-8-9-10(11)12;;/h2*2-9H2,1H3,(H,11,12);;/q;;2*+1/p-2. The molecule has 0 N–H and O–H groups in total. The van der Waals surface area contributed by atoms with Gasteiger partial charge in [0.25, 0.3) is 0 Å². The molecular weight excluding hydrogens is 382 g/mol. The van der Waals surface area contributed by atoms with Crippen molar-refractivity contribution in [3.63, 3.8) is 0 Å². The van der Waals surface area contributed by atoms with Crippen LogP contribution in [0.5, 0.6) is 0 Å². The largest absolute Gasteiger partial charge is 1.00 e. The molecule has 0 bridgehead atoms. The fourth-order valence-corrected chi connectivity index (χ4v) is 2.45. The number of unbranched alkanes of at least 4 members (excludes halogenated alkanes) is 12. The third-order valence-electron chi connectivity index (χ3n) is 3.97. The molecule has 4 nitrogen and oxygen atoms in total. The summed E-state index contributed by atoms with van der Waals surface area (Å²) in [6.07, 6.45) is 16.7. The van der Waals surface area contributed by atoms with Gasteiger partial charge in [-0.2, -0.15) is 0 Å². The van der Waals surface area contributed by atoms with E-state index in [9.17, 15) is 19.8 Å². The van der Waals surface area contributed by atoms with Gasteiger partial charge in [0.05, 0.1) is 0 Å². The molecule has 0 saturated heterocycles. The topological polar surface area (TPSA) is 80.3 Å². The van der Waals surface area contributed by atoms with E-state index in [1.54, 1.807) is 0 Å². The van der Waals surface area contributed by atoms with Gasteiger partial charge in [-0.05, 0) is 25.7 Å². The smallest absolute Gasteiger partial charge is 0.550 e. The van der Waals surface area contributed by atoms with Crippen molar-refractivity contribution in [1.29, 1.82) is 0 Å². The Morgan fingerprint density at radius 3 is 0.962 bits per heavy atom. The molecule has 0 amide bonds. The van der Waals surface area contributed by atoms with E-state index >= 15 is 0 Å². The summed E-state index contributed by atoms with van der Waals surface area (Å²) in [4.78, 5) is 20.0. The fraction of sp³-hybridized carbons (Fsp3) is 0.900. The summed E-state index contributed by atoms with van der Waals surface area (Å²) in [5.74, 6) is -1.83. The Balaban J connectivity index is -0.000000173. The second kappa shape index (κ2) is 31.9. The van der Waals surface area contributed by atoms with Gasteiger partial charge in [0, 0.05) is 11.9 Å². The van der Waals surface area contributed by atoms with Crippen molar-refractivity contribution in [2.45, 2.75) is 117 Å². The maximum atomic E-state index is 10.0. The summed E-state index contributed by atoms with van der Waals surface area (Å²) in [5, 5.41) is 20.0. The van der Waals surface area contributed by atoms with Crippen LogP contribution in [-0.2, 0) is 9.59 Å². The van der Waals surface area contributed by atoms with Gasteiger partial charge in [-0.1, -0.05) is 90.9 Å². The zero-order valence-electron chi connectivity index (χ0n) is 17.9. The Morgan fingerprint density at radius 2 is 0.731 bits per heavy atom. The Kier molecular flexibility index (Phi) is 43.7. The van der Waals surface area contributed by atoms with E-state index in [2.05, 4.69) is 13.8 Å². The second-order valence-electron chi connectivity index (χ2n) is 6.49. The number of hydrogen-bond acceptors (Lipinski definition) is 4. The van der Waals surface area contributed by atoms with Crippen molar-refractivity contribution >= 4 is 11.9 Å². The molecule has 0 fully saturated rings. The number of carbonyl (C=O) groups excluding carboxylic acids is 2. The Morgan fingerprint density at radius 1 is 0.500 bits per heavy atom. The molecular formula is C20H38K2O4. The minimum absolute atomic E-state index is 0. The third-order valence-corrected chi connectivity index (χ3v) is 3.97. The number of hydrogen-bond donors (Lipinski definition) is 0. The van der Waals surface area contributed by atoms with E-state index in [-0.39, 0.29) is 116 Å². The van der Waals surface area contributed by atoms with Crippen LogP contribution in [0.2, 0.25) is 0 Å². The first-order valence-electron chi connectivity index (χ1n) is 9.94. The minimum atomic E-state index is -0.913. The molecule has 0 aromatic heterocycles. The Labute approximate surface area is 246 Å². The molecule has 0 atom stereocenters. The van der Waals surface area contributed by atoms with Crippen molar-refractivity contribution in [2.75, 3.05) is 0 Å². The predicted molar refractivity (Wildman–Crippen MR) is 95.2 cm³/mol. The van der Waals surface area contributed by atoms with E-state index < -0.39 is 11.9 Å². The van der Waals surface area contributed by atoms with Crippen LogP contribution in [0.25, 0.3) is 0 Å². The summed E-state index contributed by atoms with van der Waals surface area (Å²) in [6.45, 7) is 4.38. The van der Waals surface area contributed by atoms with E-state index in [0.717, 1.165) is 25.7 Å². The summed E-state index contributed by atoms with van der Waals surface area (Å²) < 4.78 is 0. The van der Waals surface area contributed by atoms with Gasteiger partial charge < -0.3 is 19.8 Å². The van der Waals surface area contributed by atoms with Crippen LogP contribution in [0.1, 0.15) is 117 Å². The summed E-state index contributed by atoms with van der Waals surface area (Å²) in [7, 11) is 0. The fourth-order valence-electron chi connectivity index (χ4n) is 2.45. The van der Waals surface area contributed by atoms with Gasteiger partial charge in [0.2, 0.25) is 0 Å². The third kappa shape index (κ3) is 40.8. The van der Waals surface area contributed by atoms with Crippen LogP contribution >= 0.6 is 0 Å². The zero-order chi connectivity index (χ0) is 18.5. The maximum Gasteiger partial charge on any atom is 1.00 e. The van der Waals surface area contributed by atoms with E-state index in [0.29, 0.717) is 0 Å². The zero-order valence-corrected chi connectivity index (χ0v) is 24.2. The van der Waals surface area contributed by atoms with Crippen LogP contribution in [0.15, 0.2) is 0 Å². The average molecular weight is 421 g/mol. The van der Waals surface area contributed by atoms with Crippen LogP contribution in [0, 0.1) is 0 Å². The number of aliphatic carboxylic acids is 2. The van der Waals surface area contributed by atoms with E-state index in [4.69, 9.17) is 0 Å². The molecule has 0 rings (SSSR count). The van der Waals surface area contributed by atoms with Crippen molar-refractivity contribution in [3.8, 4) is 0 Å².